The van der Waals surface area contributed by atoms with Crippen LogP contribution in [-0.2, 0) is 6.54 Å². The second-order valence-electron chi connectivity index (χ2n) is 3.41. The fourth-order valence-electron chi connectivity index (χ4n) is 1.48. The minimum Gasteiger partial charge on any atom is -0.382 e. The molecule has 2 aromatic heterocycles. The number of imidazole rings is 1. The maximum atomic E-state index is 11.0. The van der Waals surface area contributed by atoms with E-state index in [9.17, 15) is 4.79 Å². The Labute approximate surface area is 91.5 Å². The molecular weight excluding hydrogens is 208 g/mol. The molecule has 7 nitrogen and oxygen atoms in total. The third kappa shape index (κ3) is 1.56. The number of fused-ring (bicyclic) bond motifs is 1. The summed E-state index contributed by atoms with van der Waals surface area (Å²) in [6.07, 6.45) is 2.56. The molecule has 2 aromatic rings. The summed E-state index contributed by atoms with van der Waals surface area (Å²) in [5, 5.41) is 0. The number of hydrogen-bond donors (Lipinski definition) is 2. The number of amides is 1. The summed E-state index contributed by atoms with van der Waals surface area (Å²) in [5.41, 5.74) is 11.8. The second kappa shape index (κ2) is 3.76. The van der Waals surface area contributed by atoms with Gasteiger partial charge in [-0.15, -0.1) is 0 Å². The van der Waals surface area contributed by atoms with E-state index in [4.69, 9.17) is 11.5 Å². The number of rotatable bonds is 3. The summed E-state index contributed by atoms with van der Waals surface area (Å²) in [7, 11) is 0. The minimum atomic E-state index is -0.696. The largest absolute Gasteiger partial charge is 0.382 e. The Kier molecular flexibility index (Phi) is 2.43. The topological polar surface area (TPSA) is 113 Å². The van der Waals surface area contributed by atoms with Crippen LogP contribution in [0.3, 0.4) is 0 Å². The molecule has 0 saturated heterocycles. The predicted octanol–water partition coefficient (Wildman–Crippen LogP) is -0.0826. The van der Waals surface area contributed by atoms with Gasteiger partial charge in [-0.1, -0.05) is 6.92 Å². The molecule has 0 bridgehead atoms. The first-order chi connectivity index (χ1) is 7.63. The van der Waals surface area contributed by atoms with E-state index in [0.29, 0.717) is 11.2 Å². The van der Waals surface area contributed by atoms with E-state index >= 15 is 0 Å². The van der Waals surface area contributed by atoms with Crippen molar-refractivity contribution >= 4 is 22.9 Å². The van der Waals surface area contributed by atoms with Crippen LogP contribution < -0.4 is 11.5 Å². The molecule has 0 saturated carbocycles. The molecule has 84 valence electrons. The number of anilines is 1. The van der Waals surface area contributed by atoms with E-state index in [0.717, 1.165) is 13.0 Å². The van der Waals surface area contributed by atoms with Crippen LogP contribution in [0.4, 0.5) is 5.82 Å². The number of hydrogen-bond acceptors (Lipinski definition) is 5. The summed E-state index contributed by atoms with van der Waals surface area (Å²) in [6.45, 7) is 2.79. The first-order valence-electron chi connectivity index (χ1n) is 4.91. The van der Waals surface area contributed by atoms with Gasteiger partial charge in [0.1, 0.15) is 5.52 Å². The average Bonchev–Trinajstić information content (AvgIpc) is 2.63. The molecule has 0 radical (unpaired) electrons. The number of carbonyl (C=O) groups is 1. The van der Waals surface area contributed by atoms with Crippen molar-refractivity contribution < 1.29 is 4.79 Å². The van der Waals surface area contributed by atoms with Crippen LogP contribution in [0.1, 0.15) is 24.0 Å². The molecule has 1 amide bonds. The van der Waals surface area contributed by atoms with Gasteiger partial charge in [0.25, 0.3) is 5.91 Å². The van der Waals surface area contributed by atoms with Crippen LogP contribution in [0.5, 0.6) is 0 Å². The lowest BCUT2D eigenvalue weighted by Crippen LogP contribution is -2.17. The van der Waals surface area contributed by atoms with Crippen molar-refractivity contribution in [2.24, 2.45) is 5.73 Å². The average molecular weight is 220 g/mol. The Morgan fingerprint density at radius 3 is 2.88 bits per heavy atom. The van der Waals surface area contributed by atoms with Crippen molar-refractivity contribution in [3.63, 3.8) is 0 Å². The number of aromatic nitrogens is 4. The van der Waals surface area contributed by atoms with Gasteiger partial charge in [-0.3, -0.25) is 4.79 Å². The molecule has 2 heterocycles. The van der Waals surface area contributed by atoms with E-state index in [1.165, 1.54) is 0 Å². The highest BCUT2D eigenvalue weighted by Crippen LogP contribution is 2.16. The number of carbonyl (C=O) groups excluding carboxylic acids is 1. The van der Waals surface area contributed by atoms with Crippen LogP contribution >= 0.6 is 0 Å². The van der Waals surface area contributed by atoms with Crippen molar-refractivity contribution in [3.05, 3.63) is 12.2 Å². The molecule has 16 heavy (non-hydrogen) atoms. The number of nitrogen functional groups attached to an aromatic ring is 1. The molecule has 4 N–H and O–H groups in total. The monoisotopic (exact) mass is 220 g/mol. The Hall–Kier alpha value is -2.18. The lowest BCUT2D eigenvalue weighted by molar-refractivity contribution is 0.0991. The molecular formula is C9H12N6O. The maximum absolute atomic E-state index is 11.0. The van der Waals surface area contributed by atoms with Gasteiger partial charge in [-0.2, -0.15) is 0 Å². The molecule has 0 fully saturated rings. The summed E-state index contributed by atoms with van der Waals surface area (Å²) in [5.74, 6) is -0.602. The van der Waals surface area contributed by atoms with Crippen LogP contribution in [-0.4, -0.2) is 25.4 Å². The molecule has 7 heteroatoms. The SMILES string of the molecule is CCCn1cnc2c(N)nc(C(N)=O)nc21. The molecule has 0 aliphatic heterocycles. The van der Waals surface area contributed by atoms with Gasteiger partial charge in [-0.05, 0) is 6.42 Å². The molecule has 0 unspecified atom stereocenters. The van der Waals surface area contributed by atoms with Gasteiger partial charge in [0.05, 0.1) is 6.33 Å². The second-order valence-corrected chi connectivity index (χ2v) is 3.41. The van der Waals surface area contributed by atoms with Crippen molar-refractivity contribution in [1.82, 2.24) is 19.5 Å². The van der Waals surface area contributed by atoms with E-state index in [1.54, 1.807) is 6.33 Å². The van der Waals surface area contributed by atoms with E-state index < -0.39 is 5.91 Å². The minimum absolute atomic E-state index is 0.0807. The molecule has 0 atom stereocenters. The highest BCUT2D eigenvalue weighted by molar-refractivity contribution is 5.92. The fraction of sp³-hybridized carbons (Fsp3) is 0.333. The molecule has 0 aliphatic carbocycles. The van der Waals surface area contributed by atoms with E-state index in [1.807, 2.05) is 11.5 Å². The van der Waals surface area contributed by atoms with Gasteiger partial charge in [-0.25, -0.2) is 15.0 Å². The van der Waals surface area contributed by atoms with Crippen molar-refractivity contribution in [3.8, 4) is 0 Å². The highest BCUT2D eigenvalue weighted by Gasteiger charge is 2.13. The quantitative estimate of drug-likeness (QED) is 0.750. The number of primary amides is 1. The van der Waals surface area contributed by atoms with Crippen LogP contribution in [0.2, 0.25) is 0 Å². The third-order valence-corrected chi connectivity index (χ3v) is 2.18. The fourth-order valence-corrected chi connectivity index (χ4v) is 1.48. The van der Waals surface area contributed by atoms with Crippen LogP contribution in [0.15, 0.2) is 6.33 Å². The first-order valence-corrected chi connectivity index (χ1v) is 4.91. The van der Waals surface area contributed by atoms with Gasteiger partial charge in [0.15, 0.2) is 11.5 Å². The van der Waals surface area contributed by atoms with E-state index in [-0.39, 0.29) is 11.6 Å². The number of nitrogens with zero attached hydrogens (tertiary/aromatic N) is 4. The summed E-state index contributed by atoms with van der Waals surface area (Å²) < 4.78 is 1.82. The molecule has 0 aliphatic rings. The number of aryl methyl sites for hydroxylation is 1. The lowest BCUT2D eigenvalue weighted by Gasteiger charge is -2.02. The Balaban J connectivity index is 2.66. The Morgan fingerprint density at radius 2 is 2.25 bits per heavy atom. The van der Waals surface area contributed by atoms with Gasteiger partial charge >= 0.3 is 0 Å². The number of nitrogens with two attached hydrogens (primary N) is 2. The summed E-state index contributed by atoms with van der Waals surface area (Å²) in [4.78, 5) is 22.9. The smallest absolute Gasteiger partial charge is 0.286 e. The summed E-state index contributed by atoms with van der Waals surface area (Å²) in [6, 6.07) is 0. The predicted molar refractivity (Wildman–Crippen MR) is 58.5 cm³/mol. The lowest BCUT2D eigenvalue weighted by atomic mass is 10.4. The zero-order chi connectivity index (χ0) is 11.7. The van der Waals surface area contributed by atoms with E-state index in [2.05, 4.69) is 15.0 Å². The zero-order valence-electron chi connectivity index (χ0n) is 8.84. The Bertz CT molecular complexity index is 546. The Morgan fingerprint density at radius 1 is 1.50 bits per heavy atom. The maximum Gasteiger partial charge on any atom is 0.286 e. The van der Waals surface area contributed by atoms with Crippen LogP contribution in [0.25, 0.3) is 11.2 Å². The van der Waals surface area contributed by atoms with Gasteiger partial charge in [0, 0.05) is 6.54 Å². The van der Waals surface area contributed by atoms with Crippen LogP contribution in [0, 0.1) is 0 Å². The van der Waals surface area contributed by atoms with Crippen molar-refractivity contribution in [1.29, 1.82) is 0 Å². The first kappa shape index (κ1) is 10.3. The van der Waals surface area contributed by atoms with Gasteiger partial charge < -0.3 is 16.0 Å². The molecule has 0 spiro atoms. The molecule has 2 rings (SSSR count). The van der Waals surface area contributed by atoms with Crippen molar-refractivity contribution in [2.75, 3.05) is 5.73 Å². The third-order valence-electron chi connectivity index (χ3n) is 2.18. The zero-order valence-corrected chi connectivity index (χ0v) is 8.84. The van der Waals surface area contributed by atoms with Gasteiger partial charge in [0.2, 0.25) is 5.82 Å². The molecule has 0 aromatic carbocycles. The highest BCUT2D eigenvalue weighted by atomic mass is 16.1. The summed E-state index contributed by atoms with van der Waals surface area (Å²) >= 11 is 0. The normalized spacial score (nSPS) is 10.8. The van der Waals surface area contributed by atoms with Crippen molar-refractivity contribution in [2.45, 2.75) is 19.9 Å². The standard InChI is InChI=1S/C9H12N6O/c1-2-3-15-4-12-5-6(10)13-8(7(11)16)14-9(5)15/h4H,2-3H2,1H3,(H2,11,16)(H2,10,13,14).